The van der Waals surface area contributed by atoms with Crippen molar-refractivity contribution in [3.63, 3.8) is 0 Å². The van der Waals surface area contributed by atoms with Crippen molar-refractivity contribution in [1.29, 1.82) is 0 Å². The Kier molecular flexibility index (Phi) is 7.08. The number of carboxylic acids is 1. The third kappa shape index (κ3) is 6.52. The molecular formula is C16H21F3N2O4. The highest BCUT2D eigenvalue weighted by molar-refractivity contribution is 5.75. The quantitative estimate of drug-likeness (QED) is 0.782. The average molecular weight is 362 g/mol. The van der Waals surface area contributed by atoms with E-state index in [2.05, 4.69) is 5.32 Å². The molecule has 140 valence electrons. The van der Waals surface area contributed by atoms with Crippen LogP contribution in [0.5, 0.6) is 5.75 Å². The fraction of sp³-hybridized carbons (Fsp3) is 0.500. The summed E-state index contributed by atoms with van der Waals surface area (Å²) in [6.07, 6.45) is -4.53. The van der Waals surface area contributed by atoms with Gasteiger partial charge >= 0.3 is 18.2 Å². The molecule has 2 unspecified atom stereocenters. The van der Waals surface area contributed by atoms with Crippen molar-refractivity contribution in [2.45, 2.75) is 26.1 Å². The lowest BCUT2D eigenvalue weighted by molar-refractivity contribution is -0.141. The highest BCUT2D eigenvalue weighted by Gasteiger charge is 2.34. The van der Waals surface area contributed by atoms with Crippen molar-refractivity contribution in [3.8, 4) is 5.75 Å². The van der Waals surface area contributed by atoms with Gasteiger partial charge in [-0.15, -0.1) is 0 Å². The van der Waals surface area contributed by atoms with Crippen LogP contribution in [0, 0.1) is 5.92 Å². The second-order valence-corrected chi connectivity index (χ2v) is 5.78. The van der Waals surface area contributed by atoms with Gasteiger partial charge in [-0.2, -0.15) is 13.2 Å². The Bertz CT molecular complexity index is 607. The number of carboxylic acid groups (broad SMARTS) is 1. The van der Waals surface area contributed by atoms with E-state index < -0.39 is 35.7 Å². The molecule has 0 radical (unpaired) electrons. The van der Waals surface area contributed by atoms with Gasteiger partial charge in [-0.1, -0.05) is 19.1 Å². The number of rotatable bonds is 7. The lowest BCUT2D eigenvalue weighted by atomic mass is 10.2. The number of hydrogen-bond acceptors (Lipinski definition) is 3. The summed E-state index contributed by atoms with van der Waals surface area (Å²) in [4.78, 5) is 23.9. The summed E-state index contributed by atoms with van der Waals surface area (Å²) in [7, 11) is 1.43. The number of benzene rings is 1. The number of para-hydroxylation sites is 1. The van der Waals surface area contributed by atoms with Crippen LogP contribution in [0.4, 0.5) is 18.0 Å². The third-order valence-electron chi connectivity index (χ3n) is 3.37. The summed E-state index contributed by atoms with van der Waals surface area (Å²) in [5.41, 5.74) is -0.888. The standard InChI is InChI=1S/C16H21F3N2O4/c1-10(14(22)23)8-21(3)15(24)20-11(2)9-25-13-7-5-4-6-12(13)16(17,18)19/h4-7,10-11H,8-9H2,1-3H3,(H,20,24)(H,22,23). The van der Waals surface area contributed by atoms with Gasteiger partial charge in [0.25, 0.3) is 0 Å². The molecule has 0 fully saturated rings. The molecule has 1 aromatic rings. The Hall–Kier alpha value is -2.45. The van der Waals surface area contributed by atoms with Crippen LogP contribution in [0.2, 0.25) is 0 Å². The number of urea groups is 1. The molecule has 1 rings (SSSR count). The Morgan fingerprint density at radius 1 is 1.28 bits per heavy atom. The van der Waals surface area contributed by atoms with Gasteiger partial charge in [-0.25, -0.2) is 4.79 Å². The Balaban J connectivity index is 2.57. The van der Waals surface area contributed by atoms with Crippen LogP contribution in [-0.2, 0) is 11.0 Å². The average Bonchev–Trinajstić information content (AvgIpc) is 2.52. The largest absolute Gasteiger partial charge is 0.491 e. The van der Waals surface area contributed by atoms with E-state index in [-0.39, 0.29) is 18.9 Å². The normalized spacial score (nSPS) is 13.7. The first-order chi connectivity index (χ1) is 11.5. The molecule has 0 aromatic heterocycles. The number of aliphatic carboxylic acids is 1. The molecule has 0 aliphatic rings. The van der Waals surface area contributed by atoms with Crippen LogP contribution >= 0.6 is 0 Å². The lowest BCUT2D eigenvalue weighted by Crippen LogP contribution is -2.46. The first kappa shape index (κ1) is 20.6. The molecule has 0 bridgehead atoms. The first-order valence-corrected chi connectivity index (χ1v) is 7.55. The van der Waals surface area contributed by atoms with Crippen LogP contribution in [-0.4, -0.2) is 48.2 Å². The van der Waals surface area contributed by atoms with Gasteiger partial charge in [-0.3, -0.25) is 4.79 Å². The van der Waals surface area contributed by atoms with Crippen LogP contribution in [0.3, 0.4) is 0 Å². The second kappa shape index (κ2) is 8.59. The zero-order valence-corrected chi connectivity index (χ0v) is 14.1. The first-order valence-electron chi connectivity index (χ1n) is 7.55. The number of alkyl halides is 3. The number of hydrogen-bond donors (Lipinski definition) is 2. The fourth-order valence-corrected chi connectivity index (χ4v) is 1.98. The molecule has 2 N–H and O–H groups in total. The minimum absolute atomic E-state index is 0.00561. The van der Waals surface area contributed by atoms with E-state index in [0.717, 1.165) is 6.07 Å². The molecule has 2 atom stereocenters. The highest BCUT2D eigenvalue weighted by Crippen LogP contribution is 2.35. The Morgan fingerprint density at radius 2 is 1.88 bits per heavy atom. The Labute approximate surface area is 143 Å². The van der Waals surface area contributed by atoms with Crippen molar-refractivity contribution in [3.05, 3.63) is 29.8 Å². The van der Waals surface area contributed by atoms with E-state index in [9.17, 15) is 22.8 Å². The fourth-order valence-electron chi connectivity index (χ4n) is 1.98. The van der Waals surface area contributed by atoms with Gasteiger partial charge in [0.1, 0.15) is 12.4 Å². The van der Waals surface area contributed by atoms with Crippen molar-refractivity contribution < 1.29 is 32.6 Å². The highest BCUT2D eigenvalue weighted by atomic mass is 19.4. The molecule has 0 aliphatic heterocycles. The van der Waals surface area contributed by atoms with E-state index in [0.29, 0.717) is 0 Å². The summed E-state index contributed by atoms with van der Waals surface area (Å²) in [5.74, 6) is -2.08. The minimum atomic E-state index is -4.53. The van der Waals surface area contributed by atoms with Crippen LogP contribution in [0.15, 0.2) is 24.3 Å². The maximum atomic E-state index is 12.9. The van der Waals surface area contributed by atoms with Gasteiger partial charge in [0, 0.05) is 13.6 Å². The van der Waals surface area contributed by atoms with Crippen molar-refractivity contribution in [1.82, 2.24) is 10.2 Å². The molecule has 1 aromatic carbocycles. The molecule has 0 aliphatic carbocycles. The monoisotopic (exact) mass is 362 g/mol. The van der Waals surface area contributed by atoms with E-state index in [1.165, 1.54) is 37.1 Å². The van der Waals surface area contributed by atoms with Crippen molar-refractivity contribution in [2.75, 3.05) is 20.2 Å². The summed E-state index contributed by atoms with van der Waals surface area (Å²) in [6.45, 7) is 2.88. The molecule has 25 heavy (non-hydrogen) atoms. The number of nitrogens with one attached hydrogen (secondary N) is 1. The maximum Gasteiger partial charge on any atom is 0.419 e. The van der Waals surface area contributed by atoms with Crippen molar-refractivity contribution in [2.24, 2.45) is 5.92 Å². The van der Waals surface area contributed by atoms with Gasteiger partial charge in [-0.05, 0) is 19.1 Å². The minimum Gasteiger partial charge on any atom is -0.491 e. The number of carbonyl (C=O) groups is 2. The van der Waals surface area contributed by atoms with Gasteiger partial charge in [0.05, 0.1) is 17.5 Å². The summed E-state index contributed by atoms with van der Waals surface area (Å²) in [6, 6.07) is 3.70. The summed E-state index contributed by atoms with van der Waals surface area (Å²) in [5, 5.41) is 11.4. The molecule has 0 spiro atoms. The van der Waals surface area contributed by atoms with Crippen LogP contribution in [0.25, 0.3) is 0 Å². The predicted molar refractivity (Wildman–Crippen MR) is 84.4 cm³/mol. The zero-order valence-electron chi connectivity index (χ0n) is 14.1. The number of carbonyl (C=O) groups excluding carboxylic acids is 1. The predicted octanol–water partition coefficient (Wildman–Crippen LogP) is 2.83. The molecule has 6 nitrogen and oxygen atoms in total. The second-order valence-electron chi connectivity index (χ2n) is 5.78. The summed E-state index contributed by atoms with van der Waals surface area (Å²) < 4.78 is 43.8. The molecule has 2 amide bonds. The van der Waals surface area contributed by atoms with Gasteiger partial charge < -0.3 is 20.1 Å². The number of ether oxygens (including phenoxy) is 1. The van der Waals surface area contributed by atoms with Crippen LogP contribution in [0.1, 0.15) is 19.4 Å². The zero-order chi connectivity index (χ0) is 19.2. The summed E-state index contributed by atoms with van der Waals surface area (Å²) >= 11 is 0. The van der Waals surface area contributed by atoms with E-state index in [1.807, 2.05) is 0 Å². The SMILES string of the molecule is CC(COc1ccccc1C(F)(F)F)NC(=O)N(C)CC(C)C(=O)O. The van der Waals surface area contributed by atoms with E-state index in [1.54, 1.807) is 6.92 Å². The van der Waals surface area contributed by atoms with E-state index >= 15 is 0 Å². The topological polar surface area (TPSA) is 78.9 Å². The third-order valence-corrected chi connectivity index (χ3v) is 3.37. The van der Waals surface area contributed by atoms with E-state index in [4.69, 9.17) is 9.84 Å². The molecule has 9 heteroatoms. The van der Waals surface area contributed by atoms with Crippen LogP contribution < -0.4 is 10.1 Å². The molecular weight excluding hydrogens is 341 g/mol. The molecule has 0 saturated heterocycles. The number of halogens is 3. The smallest absolute Gasteiger partial charge is 0.419 e. The molecule has 0 saturated carbocycles. The van der Waals surface area contributed by atoms with Crippen molar-refractivity contribution >= 4 is 12.0 Å². The Morgan fingerprint density at radius 3 is 2.44 bits per heavy atom. The lowest BCUT2D eigenvalue weighted by Gasteiger charge is -2.23. The van der Waals surface area contributed by atoms with Gasteiger partial charge in [0.2, 0.25) is 0 Å². The molecule has 0 heterocycles. The number of nitrogens with zero attached hydrogens (tertiary/aromatic N) is 1. The number of amides is 2. The van der Waals surface area contributed by atoms with Gasteiger partial charge in [0.15, 0.2) is 0 Å². The maximum absolute atomic E-state index is 12.9.